The van der Waals surface area contributed by atoms with Crippen molar-refractivity contribution in [3.05, 3.63) is 34.9 Å². The Bertz CT molecular complexity index is 571. The van der Waals surface area contributed by atoms with Crippen LogP contribution < -0.4 is 5.32 Å². The van der Waals surface area contributed by atoms with Gasteiger partial charge in [0.25, 0.3) is 0 Å². The summed E-state index contributed by atoms with van der Waals surface area (Å²) in [6, 6.07) is 6.46. The van der Waals surface area contributed by atoms with E-state index < -0.39 is 18.1 Å². The highest BCUT2D eigenvalue weighted by atomic mass is 35.5. The first-order valence-electron chi connectivity index (χ1n) is 8.35. The summed E-state index contributed by atoms with van der Waals surface area (Å²) in [5.74, 6) is -0.699. The molecule has 138 valence electrons. The molecule has 0 bridgehead atoms. The van der Waals surface area contributed by atoms with E-state index in [1.54, 1.807) is 31.2 Å². The Hall–Kier alpha value is -1.63. The van der Waals surface area contributed by atoms with Gasteiger partial charge in [0.2, 0.25) is 5.91 Å². The van der Waals surface area contributed by atoms with E-state index in [0.717, 1.165) is 25.0 Å². The van der Waals surface area contributed by atoms with Gasteiger partial charge in [0.05, 0.1) is 32.3 Å². The smallest absolute Gasteiger partial charge is 0.307 e. The molecule has 0 spiro atoms. The van der Waals surface area contributed by atoms with Crippen molar-refractivity contribution in [3.63, 3.8) is 0 Å². The highest BCUT2D eigenvalue weighted by Crippen LogP contribution is 2.20. The summed E-state index contributed by atoms with van der Waals surface area (Å²) < 4.78 is 15.8. The Kier molecular flexibility index (Phi) is 7.68. The number of halogens is 1. The number of amides is 1. The van der Waals surface area contributed by atoms with Crippen LogP contribution >= 0.6 is 11.6 Å². The standard InChI is InChI=1S/C18H24ClNO5/c1-12(25-11-15-4-3-9-24-15)18(22)20-16(10-17(21)23-2)13-5-7-14(19)8-6-13/h5-8,12,15-16H,3-4,9-11H2,1-2H3,(H,20,22). The molecule has 0 aliphatic carbocycles. The SMILES string of the molecule is COC(=O)CC(NC(=O)C(C)OCC1CCCO1)c1ccc(Cl)cc1. The molecule has 0 radical (unpaired) electrons. The third kappa shape index (κ3) is 6.30. The number of hydrogen-bond acceptors (Lipinski definition) is 5. The zero-order valence-electron chi connectivity index (χ0n) is 14.5. The number of carbonyl (C=O) groups is 2. The van der Waals surface area contributed by atoms with Crippen LogP contribution in [0.15, 0.2) is 24.3 Å². The number of rotatable bonds is 8. The lowest BCUT2D eigenvalue weighted by Gasteiger charge is -2.22. The van der Waals surface area contributed by atoms with Crippen molar-refractivity contribution >= 4 is 23.5 Å². The lowest BCUT2D eigenvalue weighted by molar-refractivity contribution is -0.142. The molecule has 25 heavy (non-hydrogen) atoms. The van der Waals surface area contributed by atoms with Gasteiger partial charge in [-0.1, -0.05) is 23.7 Å². The topological polar surface area (TPSA) is 73.9 Å². The summed E-state index contributed by atoms with van der Waals surface area (Å²) in [6.07, 6.45) is 1.41. The zero-order valence-corrected chi connectivity index (χ0v) is 15.3. The van der Waals surface area contributed by atoms with E-state index in [9.17, 15) is 9.59 Å². The number of nitrogens with one attached hydrogen (secondary N) is 1. The Morgan fingerprint density at radius 1 is 1.36 bits per heavy atom. The normalized spacial score (nSPS) is 19.2. The average Bonchev–Trinajstić information content (AvgIpc) is 3.13. The second kappa shape index (κ2) is 9.75. The number of ether oxygens (including phenoxy) is 3. The van der Waals surface area contributed by atoms with E-state index in [0.29, 0.717) is 11.6 Å². The number of benzene rings is 1. The molecule has 1 fully saturated rings. The fourth-order valence-corrected chi connectivity index (χ4v) is 2.72. The number of hydrogen-bond donors (Lipinski definition) is 1. The molecule has 1 aliphatic heterocycles. The van der Waals surface area contributed by atoms with Gasteiger partial charge >= 0.3 is 5.97 Å². The van der Waals surface area contributed by atoms with Gasteiger partial charge < -0.3 is 19.5 Å². The fraction of sp³-hybridized carbons (Fsp3) is 0.556. The van der Waals surface area contributed by atoms with Crippen molar-refractivity contribution in [2.24, 2.45) is 0 Å². The van der Waals surface area contributed by atoms with E-state index >= 15 is 0 Å². The fourth-order valence-electron chi connectivity index (χ4n) is 2.59. The van der Waals surface area contributed by atoms with E-state index in [2.05, 4.69) is 5.32 Å². The van der Waals surface area contributed by atoms with Crippen LogP contribution in [0.3, 0.4) is 0 Å². The third-order valence-corrected chi connectivity index (χ3v) is 4.36. The maximum absolute atomic E-state index is 12.4. The first-order valence-corrected chi connectivity index (χ1v) is 8.73. The van der Waals surface area contributed by atoms with Crippen LogP contribution in [0.1, 0.15) is 37.8 Å². The molecule has 1 aromatic rings. The largest absolute Gasteiger partial charge is 0.469 e. The van der Waals surface area contributed by atoms with Crippen LogP contribution in [0.5, 0.6) is 0 Å². The summed E-state index contributed by atoms with van der Waals surface area (Å²) in [7, 11) is 1.32. The molecular formula is C18H24ClNO5. The summed E-state index contributed by atoms with van der Waals surface area (Å²) >= 11 is 5.90. The predicted molar refractivity (Wildman–Crippen MR) is 93.4 cm³/mol. The van der Waals surface area contributed by atoms with Crippen molar-refractivity contribution in [3.8, 4) is 0 Å². The van der Waals surface area contributed by atoms with E-state index in [4.69, 9.17) is 25.8 Å². The quantitative estimate of drug-likeness (QED) is 0.713. The van der Waals surface area contributed by atoms with Gasteiger partial charge in [0, 0.05) is 11.6 Å². The minimum absolute atomic E-state index is 0.0301. The number of esters is 1. The third-order valence-electron chi connectivity index (χ3n) is 4.11. The Morgan fingerprint density at radius 3 is 2.68 bits per heavy atom. The van der Waals surface area contributed by atoms with Crippen molar-refractivity contribution in [2.45, 2.75) is 44.4 Å². The zero-order chi connectivity index (χ0) is 18.2. The minimum atomic E-state index is -0.642. The van der Waals surface area contributed by atoms with E-state index in [-0.39, 0.29) is 18.4 Å². The van der Waals surface area contributed by atoms with Gasteiger partial charge in [-0.3, -0.25) is 9.59 Å². The maximum Gasteiger partial charge on any atom is 0.307 e. The monoisotopic (exact) mass is 369 g/mol. The predicted octanol–water partition coefficient (Wildman–Crippen LogP) is 2.64. The van der Waals surface area contributed by atoms with Crippen LogP contribution in [0.4, 0.5) is 0 Å². The van der Waals surface area contributed by atoms with Crippen LogP contribution in [0, 0.1) is 0 Å². The lowest BCUT2D eigenvalue weighted by Crippen LogP contribution is -2.39. The van der Waals surface area contributed by atoms with E-state index in [1.807, 2.05) is 0 Å². The second-order valence-corrected chi connectivity index (χ2v) is 6.44. The van der Waals surface area contributed by atoms with Gasteiger partial charge in [-0.05, 0) is 37.5 Å². The number of carbonyl (C=O) groups excluding carboxylic acids is 2. The number of methoxy groups -OCH3 is 1. The molecule has 3 unspecified atom stereocenters. The summed E-state index contributed by atoms with van der Waals surface area (Å²) in [4.78, 5) is 24.1. The van der Waals surface area contributed by atoms with Gasteiger partial charge in [-0.2, -0.15) is 0 Å². The molecule has 1 amide bonds. The van der Waals surface area contributed by atoms with E-state index in [1.165, 1.54) is 7.11 Å². The molecule has 0 aromatic heterocycles. The molecule has 2 rings (SSSR count). The molecule has 1 aliphatic rings. The molecule has 1 heterocycles. The summed E-state index contributed by atoms with van der Waals surface area (Å²) in [5, 5.41) is 3.43. The molecule has 0 saturated carbocycles. The van der Waals surface area contributed by atoms with Crippen LogP contribution in [0.2, 0.25) is 5.02 Å². The molecule has 3 atom stereocenters. The summed E-state index contributed by atoms with van der Waals surface area (Å²) in [6.45, 7) is 2.81. The Balaban J connectivity index is 1.95. The first-order chi connectivity index (χ1) is 12.0. The van der Waals surface area contributed by atoms with Crippen LogP contribution in [0.25, 0.3) is 0 Å². The van der Waals surface area contributed by atoms with Crippen LogP contribution in [-0.2, 0) is 23.8 Å². The lowest BCUT2D eigenvalue weighted by atomic mass is 10.0. The van der Waals surface area contributed by atoms with Crippen molar-refractivity contribution < 1.29 is 23.8 Å². The molecular weight excluding hydrogens is 346 g/mol. The van der Waals surface area contributed by atoms with Gasteiger partial charge in [-0.25, -0.2) is 0 Å². The second-order valence-electron chi connectivity index (χ2n) is 6.00. The summed E-state index contributed by atoms with van der Waals surface area (Å²) in [5.41, 5.74) is 0.773. The molecule has 1 aromatic carbocycles. The van der Waals surface area contributed by atoms with Crippen LogP contribution in [-0.4, -0.2) is 44.4 Å². The van der Waals surface area contributed by atoms with Crippen molar-refractivity contribution in [2.75, 3.05) is 20.3 Å². The van der Waals surface area contributed by atoms with Gasteiger partial charge in [-0.15, -0.1) is 0 Å². The Morgan fingerprint density at radius 2 is 2.08 bits per heavy atom. The van der Waals surface area contributed by atoms with Crippen molar-refractivity contribution in [1.29, 1.82) is 0 Å². The molecule has 1 saturated heterocycles. The van der Waals surface area contributed by atoms with Gasteiger partial charge in [0.15, 0.2) is 0 Å². The molecule has 7 heteroatoms. The maximum atomic E-state index is 12.4. The Labute approximate surface area is 152 Å². The van der Waals surface area contributed by atoms with Gasteiger partial charge in [0.1, 0.15) is 6.10 Å². The minimum Gasteiger partial charge on any atom is -0.469 e. The molecule has 6 nitrogen and oxygen atoms in total. The molecule has 1 N–H and O–H groups in total. The highest BCUT2D eigenvalue weighted by molar-refractivity contribution is 6.30. The first kappa shape index (κ1) is 19.7. The van der Waals surface area contributed by atoms with Crippen molar-refractivity contribution in [1.82, 2.24) is 5.32 Å². The highest BCUT2D eigenvalue weighted by Gasteiger charge is 2.24. The average molecular weight is 370 g/mol.